The predicted octanol–water partition coefficient (Wildman–Crippen LogP) is 3.07. The van der Waals surface area contributed by atoms with Gasteiger partial charge in [0.1, 0.15) is 5.56 Å². The largest absolute Gasteiger partial charge is 0.368 e. The van der Waals surface area contributed by atoms with Crippen LogP contribution in [0.4, 0.5) is 17.6 Å². The number of nitrogens with two attached hydrogens (primary N) is 1. The third kappa shape index (κ3) is 6.32. The van der Waals surface area contributed by atoms with Crippen LogP contribution < -0.4 is 21.9 Å². The van der Waals surface area contributed by atoms with E-state index in [0.29, 0.717) is 23.8 Å². The van der Waals surface area contributed by atoms with Crippen molar-refractivity contribution in [1.82, 2.24) is 44.5 Å². The summed E-state index contributed by atoms with van der Waals surface area (Å²) in [5.41, 5.74) is 10.9. The molecule has 0 unspecified atom stereocenters. The van der Waals surface area contributed by atoms with Crippen molar-refractivity contribution in [3.8, 4) is 5.82 Å². The molecule has 0 spiro atoms. The minimum atomic E-state index is -0.467. The van der Waals surface area contributed by atoms with E-state index in [1.807, 2.05) is 56.6 Å². The number of anilines is 3. The fourth-order valence-corrected chi connectivity index (χ4v) is 4.79. The third-order valence-corrected chi connectivity index (χ3v) is 6.85. The van der Waals surface area contributed by atoms with Crippen LogP contribution in [-0.4, -0.2) is 59.2 Å². The van der Waals surface area contributed by atoms with Crippen molar-refractivity contribution in [1.29, 1.82) is 0 Å². The topological polar surface area (TPSA) is 165 Å². The van der Waals surface area contributed by atoms with Crippen molar-refractivity contribution in [3.05, 3.63) is 118 Å². The number of fused-ring (bicyclic) bond motifs is 1. The molecule has 0 aliphatic carbocycles. The van der Waals surface area contributed by atoms with E-state index in [1.165, 1.54) is 20.9 Å². The van der Waals surface area contributed by atoms with Gasteiger partial charge in [0, 0.05) is 36.5 Å². The van der Waals surface area contributed by atoms with Gasteiger partial charge in [-0.15, -0.1) is 5.10 Å². The number of H-pyrrole nitrogens is 1. The lowest BCUT2D eigenvalue weighted by Gasteiger charge is -2.10. The number of rotatable bonds is 10. The van der Waals surface area contributed by atoms with Gasteiger partial charge in [0.2, 0.25) is 11.9 Å². The van der Waals surface area contributed by atoms with Crippen LogP contribution in [0.3, 0.4) is 0 Å². The molecule has 0 aliphatic rings. The minimum absolute atomic E-state index is 0.0588. The summed E-state index contributed by atoms with van der Waals surface area (Å²) in [5, 5.41) is 10.5. The molecule has 0 atom stereocenters. The van der Waals surface area contributed by atoms with Crippen molar-refractivity contribution in [2.75, 3.05) is 25.1 Å². The minimum Gasteiger partial charge on any atom is -0.368 e. The molecule has 0 fully saturated rings. The zero-order valence-electron chi connectivity index (χ0n) is 24.2. The van der Waals surface area contributed by atoms with Crippen molar-refractivity contribution in [2.45, 2.75) is 19.6 Å². The number of benzene rings is 1. The second-order valence-electron chi connectivity index (χ2n) is 10.6. The highest BCUT2D eigenvalue weighted by molar-refractivity contribution is 5.93. The molecule has 0 saturated heterocycles. The molecule has 0 saturated carbocycles. The number of hydrogen-bond acceptors (Lipinski definition) is 9. The molecule has 222 valence electrons. The van der Waals surface area contributed by atoms with Gasteiger partial charge < -0.3 is 30.8 Å². The van der Waals surface area contributed by atoms with E-state index < -0.39 is 5.91 Å². The van der Waals surface area contributed by atoms with Gasteiger partial charge in [-0.1, -0.05) is 18.2 Å². The number of nitrogens with one attached hydrogen (secondary N) is 3. The Morgan fingerprint density at radius 1 is 1.02 bits per heavy atom. The van der Waals surface area contributed by atoms with Gasteiger partial charge in [0.05, 0.1) is 24.1 Å². The van der Waals surface area contributed by atoms with Gasteiger partial charge in [0.25, 0.3) is 11.5 Å². The molecule has 0 radical (unpaired) electrons. The van der Waals surface area contributed by atoms with E-state index in [-0.39, 0.29) is 23.6 Å². The second kappa shape index (κ2) is 12.2. The van der Waals surface area contributed by atoms with Crippen LogP contribution in [0, 0.1) is 0 Å². The molecular formula is C31H31N11O2. The van der Waals surface area contributed by atoms with Crippen LogP contribution in [-0.2, 0) is 19.6 Å². The molecule has 44 heavy (non-hydrogen) atoms. The molecule has 13 heteroatoms. The first-order chi connectivity index (χ1) is 21.3. The number of pyridine rings is 3. The average Bonchev–Trinajstić information content (AvgIpc) is 3.60. The van der Waals surface area contributed by atoms with Gasteiger partial charge >= 0.3 is 0 Å². The van der Waals surface area contributed by atoms with Gasteiger partial charge in [-0.05, 0) is 73.8 Å². The summed E-state index contributed by atoms with van der Waals surface area (Å²) < 4.78 is 2.95. The van der Waals surface area contributed by atoms with Crippen LogP contribution in [0.25, 0.3) is 16.9 Å². The summed E-state index contributed by atoms with van der Waals surface area (Å²) in [6.07, 6.45) is 5.01. The molecule has 0 bridgehead atoms. The van der Waals surface area contributed by atoms with Crippen LogP contribution in [0.1, 0.15) is 27.2 Å². The third-order valence-electron chi connectivity index (χ3n) is 6.85. The first kappa shape index (κ1) is 28.3. The molecule has 1 amide bonds. The molecule has 6 rings (SSSR count). The number of nitrogen functional groups attached to an aromatic ring is 1. The van der Waals surface area contributed by atoms with Gasteiger partial charge in [-0.2, -0.15) is 9.67 Å². The molecule has 6 aromatic rings. The predicted molar refractivity (Wildman–Crippen MR) is 168 cm³/mol. The van der Waals surface area contributed by atoms with Crippen LogP contribution >= 0.6 is 0 Å². The Morgan fingerprint density at radius 3 is 2.64 bits per heavy atom. The number of carbonyl (C=O) groups is 1. The highest BCUT2D eigenvalue weighted by atomic mass is 16.2. The number of aromatic nitrogens is 7. The Labute approximate surface area is 252 Å². The molecule has 5 aromatic heterocycles. The summed E-state index contributed by atoms with van der Waals surface area (Å²) in [6.45, 7) is 1.35. The van der Waals surface area contributed by atoms with E-state index in [9.17, 15) is 9.59 Å². The van der Waals surface area contributed by atoms with E-state index in [1.54, 1.807) is 36.8 Å². The van der Waals surface area contributed by atoms with E-state index in [4.69, 9.17) is 5.73 Å². The summed E-state index contributed by atoms with van der Waals surface area (Å²) in [6, 6.07) is 20.4. The first-order valence-corrected chi connectivity index (χ1v) is 13.9. The average molecular weight is 590 g/mol. The SMILES string of the molecule is CN(C)Cc1ccc(Nc2nc(N)n(-c3ccc4[nH]c(CNC(=O)c5cccn(Cc6cccnc6)c5=O)cc4n3)n2)cc1. The lowest BCUT2D eigenvalue weighted by molar-refractivity contribution is 0.0948. The molecule has 5 heterocycles. The number of carbonyl (C=O) groups excluding carboxylic acids is 1. The highest BCUT2D eigenvalue weighted by Crippen LogP contribution is 2.20. The molecule has 5 N–H and O–H groups in total. The van der Waals surface area contributed by atoms with E-state index in [0.717, 1.165) is 29.0 Å². The van der Waals surface area contributed by atoms with Gasteiger partial charge in [-0.3, -0.25) is 14.6 Å². The maximum atomic E-state index is 13.0. The van der Waals surface area contributed by atoms with Crippen LogP contribution in [0.2, 0.25) is 0 Å². The maximum absolute atomic E-state index is 13.0. The highest BCUT2D eigenvalue weighted by Gasteiger charge is 2.15. The van der Waals surface area contributed by atoms with Gasteiger partial charge in [0.15, 0.2) is 5.82 Å². The van der Waals surface area contributed by atoms with Crippen LogP contribution in [0.5, 0.6) is 0 Å². The monoisotopic (exact) mass is 589 g/mol. The number of hydrogen-bond donors (Lipinski definition) is 4. The Morgan fingerprint density at radius 2 is 1.86 bits per heavy atom. The Kier molecular flexibility index (Phi) is 7.84. The van der Waals surface area contributed by atoms with Crippen LogP contribution in [0.15, 0.2) is 90.1 Å². The number of aromatic amines is 1. The summed E-state index contributed by atoms with van der Waals surface area (Å²) in [5.74, 6) is 0.557. The maximum Gasteiger partial charge on any atom is 0.263 e. The summed E-state index contributed by atoms with van der Waals surface area (Å²) >= 11 is 0. The zero-order chi connectivity index (χ0) is 30.6. The molecule has 0 aliphatic heterocycles. The number of amides is 1. The molecule has 13 nitrogen and oxygen atoms in total. The van der Waals surface area contributed by atoms with Crippen molar-refractivity contribution < 1.29 is 4.79 Å². The van der Waals surface area contributed by atoms with Gasteiger partial charge in [-0.25, -0.2) is 4.98 Å². The fraction of sp³-hybridized carbons (Fsp3) is 0.161. The quantitative estimate of drug-likeness (QED) is 0.188. The smallest absolute Gasteiger partial charge is 0.263 e. The van der Waals surface area contributed by atoms with E-state index >= 15 is 0 Å². The summed E-state index contributed by atoms with van der Waals surface area (Å²) in [7, 11) is 4.05. The Balaban J connectivity index is 1.13. The van der Waals surface area contributed by atoms with Crippen molar-refractivity contribution in [3.63, 3.8) is 0 Å². The number of nitrogens with zero attached hydrogens (tertiary/aromatic N) is 7. The molecular weight excluding hydrogens is 558 g/mol. The summed E-state index contributed by atoms with van der Waals surface area (Å²) in [4.78, 5) is 44.3. The fourth-order valence-electron chi connectivity index (χ4n) is 4.79. The van der Waals surface area contributed by atoms with E-state index in [2.05, 4.69) is 40.6 Å². The van der Waals surface area contributed by atoms with Crippen molar-refractivity contribution in [2.24, 2.45) is 0 Å². The Hall–Kier alpha value is -5.82. The normalized spacial score (nSPS) is 11.2. The lowest BCUT2D eigenvalue weighted by atomic mass is 10.2. The second-order valence-corrected chi connectivity index (χ2v) is 10.6. The zero-order valence-corrected chi connectivity index (χ0v) is 24.2. The van der Waals surface area contributed by atoms with Crippen molar-refractivity contribution >= 4 is 34.5 Å². The Bertz CT molecular complexity index is 1980. The lowest BCUT2D eigenvalue weighted by Crippen LogP contribution is -2.32. The standard InChI is InChI=1S/C31H31N11O2/c1-40(2)18-20-7-9-22(10-8-20)36-31-38-30(32)42(39-31)27-12-11-25-26(37-27)15-23(35-25)17-34-28(43)24-6-4-14-41(29(24)44)19-21-5-3-13-33-16-21/h3-16,35H,17-19H2,1-2H3,(H,34,43)(H3,32,36,38,39). The first-order valence-electron chi connectivity index (χ1n) is 13.9. The molecule has 1 aromatic carbocycles.